The summed E-state index contributed by atoms with van der Waals surface area (Å²) in [6, 6.07) is 4.50. The van der Waals surface area contributed by atoms with Crippen LogP contribution in [0.25, 0.3) is 0 Å². The van der Waals surface area contributed by atoms with Gasteiger partial charge in [-0.3, -0.25) is 4.79 Å². The lowest BCUT2D eigenvalue weighted by atomic mass is 10.1. The second-order valence-corrected chi connectivity index (χ2v) is 3.21. The summed E-state index contributed by atoms with van der Waals surface area (Å²) in [5.41, 5.74) is 6.13. The first kappa shape index (κ1) is 12.2. The lowest BCUT2D eigenvalue weighted by Crippen LogP contribution is -1.99. The van der Waals surface area contributed by atoms with Crippen LogP contribution in [0.1, 0.15) is 17.5 Å². The topological polar surface area (TPSA) is 63.3 Å². The van der Waals surface area contributed by atoms with Gasteiger partial charge < -0.3 is 10.8 Å². The van der Waals surface area contributed by atoms with E-state index in [0.717, 1.165) is 0 Å². The third kappa shape index (κ3) is 3.71. The summed E-state index contributed by atoms with van der Waals surface area (Å²) in [5, 5.41) is 8.48. The molecule has 3 nitrogen and oxygen atoms in total. The fraction of sp³-hybridized carbons (Fsp3) is 0.250. The Hall–Kier alpha value is -1.86. The highest BCUT2D eigenvalue weighted by molar-refractivity contribution is 5.67. The molecule has 0 bridgehead atoms. The van der Waals surface area contributed by atoms with Crippen molar-refractivity contribution < 1.29 is 14.3 Å². The lowest BCUT2D eigenvalue weighted by molar-refractivity contribution is -0.136. The molecule has 1 rings (SSSR count). The molecule has 0 aromatic heterocycles. The summed E-state index contributed by atoms with van der Waals surface area (Å²) in [7, 11) is 0. The Kier molecular flexibility index (Phi) is 4.49. The summed E-state index contributed by atoms with van der Waals surface area (Å²) in [6.07, 6.45) is 0.108. The van der Waals surface area contributed by atoms with Crippen molar-refractivity contribution >= 4 is 5.97 Å². The fourth-order valence-corrected chi connectivity index (χ4v) is 1.22. The highest BCUT2D eigenvalue weighted by Crippen LogP contribution is 2.11. The minimum Gasteiger partial charge on any atom is -0.481 e. The van der Waals surface area contributed by atoms with Crippen LogP contribution < -0.4 is 5.73 Å². The number of carboxylic acid groups (broad SMARTS) is 1. The summed E-state index contributed by atoms with van der Waals surface area (Å²) < 4.78 is 13.4. The molecule has 0 amide bonds. The maximum absolute atomic E-state index is 13.4. The number of aliphatic carboxylic acids is 1. The van der Waals surface area contributed by atoms with Gasteiger partial charge in [-0.25, -0.2) is 4.39 Å². The number of hydrogen-bond acceptors (Lipinski definition) is 2. The molecule has 0 unspecified atom stereocenters. The van der Waals surface area contributed by atoms with Crippen molar-refractivity contribution in [1.29, 1.82) is 0 Å². The molecule has 0 heterocycles. The molecule has 84 valence electrons. The molecule has 0 radical (unpaired) electrons. The Balaban J connectivity index is 2.79. The number of nitrogens with two attached hydrogens (primary N) is 1. The van der Waals surface area contributed by atoms with E-state index in [-0.39, 0.29) is 19.4 Å². The van der Waals surface area contributed by atoms with Gasteiger partial charge in [0.2, 0.25) is 0 Å². The quantitative estimate of drug-likeness (QED) is 0.753. The van der Waals surface area contributed by atoms with Gasteiger partial charge in [0.25, 0.3) is 0 Å². The first-order valence-corrected chi connectivity index (χ1v) is 4.82. The number of carbonyl (C=O) groups is 1. The van der Waals surface area contributed by atoms with Crippen molar-refractivity contribution in [2.45, 2.75) is 12.8 Å². The zero-order chi connectivity index (χ0) is 12.0. The number of hydrogen-bond donors (Lipinski definition) is 2. The van der Waals surface area contributed by atoms with E-state index in [1.807, 2.05) is 0 Å². The number of halogens is 1. The van der Waals surface area contributed by atoms with Crippen LogP contribution in [0.3, 0.4) is 0 Å². The molecule has 0 atom stereocenters. The van der Waals surface area contributed by atoms with E-state index in [0.29, 0.717) is 11.1 Å². The van der Waals surface area contributed by atoms with E-state index in [9.17, 15) is 9.18 Å². The van der Waals surface area contributed by atoms with Gasteiger partial charge in [-0.05, 0) is 24.1 Å². The van der Waals surface area contributed by atoms with Crippen LogP contribution in [-0.2, 0) is 11.2 Å². The first-order valence-electron chi connectivity index (χ1n) is 4.82. The zero-order valence-electron chi connectivity index (χ0n) is 8.66. The number of carboxylic acids is 1. The average molecular weight is 221 g/mol. The van der Waals surface area contributed by atoms with Crippen molar-refractivity contribution in [2.75, 3.05) is 6.54 Å². The van der Waals surface area contributed by atoms with Crippen LogP contribution in [0.15, 0.2) is 18.2 Å². The maximum Gasteiger partial charge on any atom is 0.303 e. The Morgan fingerprint density at radius 3 is 2.81 bits per heavy atom. The van der Waals surface area contributed by atoms with Gasteiger partial charge >= 0.3 is 5.97 Å². The molecule has 0 aliphatic carbocycles. The third-order valence-corrected chi connectivity index (χ3v) is 2.00. The third-order valence-electron chi connectivity index (χ3n) is 2.00. The lowest BCUT2D eigenvalue weighted by Gasteiger charge is -2.01. The van der Waals surface area contributed by atoms with Crippen molar-refractivity contribution in [3.05, 3.63) is 35.1 Å². The van der Waals surface area contributed by atoms with Crippen LogP contribution in [-0.4, -0.2) is 17.6 Å². The number of benzene rings is 1. The van der Waals surface area contributed by atoms with E-state index in [2.05, 4.69) is 11.8 Å². The van der Waals surface area contributed by atoms with Gasteiger partial charge in [0.15, 0.2) is 0 Å². The standard InChI is InChI=1S/C12H12FNO2/c13-11-8-9(2-1-7-14)3-4-10(11)5-6-12(15)16/h3-4,8H,5-7,14H2,(H,15,16). The first-order chi connectivity index (χ1) is 7.63. The van der Waals surface area contributed by atoms with Crippen LogP contribution in [0.2, 0.25) is 0 Å². The molecule has 0 spiro atoms. The Bertz CT molecular complexity index is 446. The van der Waals surface area contributed by atoms with Gasteiger partial charge in [-0.15, -0.1) is 0 Å². The smallest absolute Gasteiger partial charge is 0.303 e. The van der Waals surface area contributed by atoms with Gasteiger partial charge in [-0.1, -0.05) is 17.9 Å². The van der Waals surface area contributed by atoms with Crippen molar-refractivity contribution in [3.63, 3.8) is 0 Å². The predicted molar refractivity (Wildman–Crippen MR) is 58.3 cm³/mol. The molecule has 1 aromatic carbocycles. The van der Waals surface area contributed by atoms with Crippen LogP contribution in [0, 0.1) is 17.7 Å². The number of aryl methyl sites for hydroxylation is 1. The SMILES string of the molecule is NCC#Cc1ccc(CCC(=O)O)c(F)c1. The van der Waals surface area contributed by atoms with Gasteiger partial charge in [0, 0.05) is 12.0 Å². The van der Waals surface area contributed by atoms with Crippen molar-refractivity contribution in [1.82, 2.24) is 0 Å². The Morgan fingerprint density at radius 2 is 2.25 bits per heavy atom. The summed E-state index contributed by atoms with van der Waals surface area (Å²) in [4.78, 5) is 10.3. The Morgan fingerprint density at radius 1 is 1.50 bits per heavy atom. The van der Waals surface area contributed by atoms with Gasteiger partial charge in [-0.2, -0.15) is 0 Å². The molecular formula is C12H12FNO2. The van der Waals surface area contributed by atoms with Crippen molar-refractivity contribution in [3.8, 4) is 11.8 Å². The Labute approximate surface area is 93.1 Å². The normalized spacial score (nSPS) is 9.38. The van der Waals surface area contributed by atoms with E-state index < -0.39 is 11.8 Å². The molecule has 0 saturated heterocycles. The summed E-state index contributed by atoms with van der Waals surface area (Å²) in [6.45, 7) is 0.225. The zero-order valence-corrected chi connectivity index (χ0v) is 8.66. The van der Waals surface area contributed by atoms with E-state index in [1.165, 1.54) is 6.07 Å². The molecule has 3 N–H and O–H groups in total. The molecule has 0 aliphatic heterocycles. The monoisotopic (exact) mass is 221 g/mol. The highest BCUT2D eigenvalue weighted by Gasteiger charge is 2.05. The van der Waals surface area contributed by atoms with Crippen LogP contribution >= 0.6 is 0 Å². The molecule has 0 saturated carbocycles. The van der Waals surface area contributed by atoms with E-state index in [4.69, 9.17) is 10.8 Å². The average Bonchev–Trinajstić information content (AvgIpc) is 2.24. The van der Waals surface area contributed by atoms with Crippen LogP contribution in [0.4, 0.5) is 4.39 Å². The number of rotatable bonds is 3. The van der Waals surface area contributed by atoms with Gasteiger partial charge in [0.1, 0.15) is 5.82 Å². The molecule has 16 heavy (non-hydrogen) atoms. The summed E-state index contributed by atoms with van der Waals surface area (Å²) >= 11 is 0. The van der Waals surface area contributed by atoms with Crippen molar-refractivity contribution in [2.24, 2.45) is 5.73 Å². The second-order valence-electron chi connectivity index (χ2n) is 3.21. The predicted octanol–water partition coefficient (Wildman–Crippen LogP) is 1.15. The fourth-order valence-electron chi connectivity index (χ4n) is 1.22. The van der Waals surface area contributed by atoms with Crippen LogP contribution in [0.5, 0.6) is 0 Å². The molecular weight excluding hydrogens is 209 g/mol. The maximum atomic E-state index is 13.4. The van der Waals surface area contributed by atoms with E-state index in [1.54, 1.807) is 12.1 Å². The minimum atomic E-state index is -0.939. The highest BCUT2D eigenvalue weighted by atomic mass is 19.1. The second kappa shape index (κ2) is 5.89. The molecule has 4 heteroatoms. The van der Waals surface area contributed by atoms with E-state index >= 15 is 0 Å². The molecule has 0 fully saturated rings. The largest absolute Gasteiger partial charge is 0.481 e. The van der Waals surface area contributed by atoms with Gasteiger partial charge in [0.05, 0.1) is 6.54 Å². The molecule has 1 aromatic rings. The minimum absolute atomic E-state index is 0.0786. The molecule has 0 aliphatic rings. The summed E-state index contributed by atoms with van der Waals surface area (Å²) in [5.74, 6) is 3.96.